The Bertz CT molecular complexity index is 601. The summed E-state index contributed by atoms with van der Waals surface area (Å²) in [6.07, 6.45) is 1.51. The molecule has 2 rings (SSSR count). The minimum Gasteiger partial charge on any atom is -0.321 e. The largest absolute Gasteiger partial charge is 0.321 e. The molecule has 0 aliphatic rings. The average Bonchev–Trinajstić information content (AvgIpc) is 2.34. The molecular formula is C13H10ClIN2O. The van der Waals surface area contributed by atoms with Crippen molar-refractivity contribution in [3.63, 3.8) is 0 Å². The van der Waals surface area contributed by atoms with Gasteiger partial charge in [0.15, 0.2) is 0 Å². The second-order valence-corrected chi connectivity index (χ2v) is 5.38. The second kappa shape index (κ2) is 5.67. The molecule has 5 heteroatoms. The van der Waals surface area contributed by atoms with Crippen LogP contribution in [0.2, 0.25) is 5.02 Å². The zero-order valence-corrected chi connectivity index (χ0v) is 12.5. The summed E-state index contributed by atoms with van der Waals surface area (Å²) in [4.78, 5) is 15.9. The molecule has 0 atom stereocenters. The monoisotopic (exact) mass is 372 g/mol. The summed E-state index contributed by atoms with van der Waals surface area (Å²) in [6, 6.07) is 8.91. The molecule has 0 saturated heterocycles. The number of nitrogens with zero attached hydrogens (tertiary/aromatic N) is 1. The Balaban J connectivity index is 2.18. The van der Waals surface area contributed by atoms with Crippen LogP contribution in [0.4, 0.5) is 5.69 Å². The van der Waals surface area contributed by atoms with E-state index in [2.05, 4.69) is 32.9 Å². The van der Waals surface area contributed by atoms with Gasteiger partial charge in [0.05, 0.1) is 0 Å². The average molecular weight is 373 g/mol. The minimum absolute atomic E-state index is 0.267. The highest BCUT2D eigenvalue weighted by Crippen LogP contribution is 2.18. The molecule has 0 aliphatic carbocycles. The number of aryl methyl sites for hydroxylation is 1. The second-order valence-electron chi connectivity index (χ2n) is 3.78. The van der Waals surface area contributed by atoms with Crippen LogP contribution in [0.3, 0.4) is 0 Å². The molecule has 92 valence electrons. The van der Waals surface area contributed by atoms with Gasteiger partial charge in [0.25, 0.3) is 5.91 Å². The molecule has 1 amide bonds. The highest BCUT2D eigenvalue weighted by Gasteiger charge is 2.08. The molecule has 1 aromatic heterocycles. The quantitative estimate of drug-likeness (QED) is 0.813. The summed E-state index contributed by atoms with van der Waals surface area (Å²) in [5.41, 5.74) is 2.23. The van der Waals surface area contributed by atoms with Gasteiger partial charge in [-0.1, -0.05) is 17.7 Å². The lowest BCUT2D eigenvalue weighted by atomic mass is 10.2. The predicted molar refractivity (Wildman–Crippen MR) is 81.1 cm³/mol. The third kappa shape index (κ3) is 3.20. The standard InChI is InChI=1S/C13H10ClIN2O/c1-8-2-3-10(7-11(8)15)17-13(18)12-6-9(14)4-5-16-12/h2-7H,1H3,(H,17,18). The van der Waals surface area contributed by atoms with E-state index in [-0.39, 0.29) is 5.91 Å². The Morgan fingerprint density at radius 1 is 1.33 bits per heavy atom. The Morgan fingerprint density at radius 2 is 2.11 bits per heavy atom. The van der Waals surface area contributed by atoms with E-state index < -0.39 is 0 Å². The van der Waals surface area contributed by atoms with E-state index in [0.717, 1.165) is 9.26 Å². The van der Waals surface area contributed by atoms with E-state index in [9.17, 15) is 4.79 Å². The van der Waals surface area contributed by atoms with Crippen molar-refractivity contribution in [3.8, 4) is 0 Å². The number of rotatable bonds is 2. The van der Waals surface area contributed by atoms with Gasteiger partial charge in [-0.3, -0.25) is 9.78 Å². The predicted octanol–water partition coefficient (Wildman–Crippen LogP) is 3.90. The SMILES string of the molecule is Cc1ccc(NC(=O)c2cc(Cl)ccn2)cc1I. The molecule has 1 aromatic carbocycles. The third-order valence-corrected chi connectivity index (χ3v) is 3.78. The summed E-state index contributed by atoms with van der Waals surface area (Å²) in [6.45, 7) is 2.02. The van der Waals surface area contributed by atoms with E-state index >= 15 is 0 Å². The van der Waals surface area contributed by atoms with E-state index in [4.69, 9.17) is 11.6 Å². The van der Waals surface area contributed by atoms with Crippen LogP contribution >= 0.6 is 34.2 Å². The van der Waals surface area contributed by atoms with E-state index in [0.29, 0.717) is 10.7 Å². The van der Waals surface area contributed by atoms with Gasteiger partial charge in [0.2, 0.25) is 0 Å². The summed E-state index contributed by atoms with van der Waals surface area (Å²) >= 11 is 8.05. The zero-order valence-electron chi connectivity index (χ0n) is 9.58. The van der Waals surface area contributed by atoms with Gasteiger partial charge in [-0.25, -0.2) is 0 Å². The Hall–Kier alpha value is -1.14. The van der Waals surface area contributed by atoms with Gasteiger partial charge in [-0.05, 0) is 59.3 Å². The number of halogens is 2. The topological polar surface area (TPSA) is 42.0 Å². The molecule has 0 saturated carbocycles. The van der Waals surface area contributed by atoms with Gasteiger partial charge < -0.3 is 5.32 Å². The first-order valence-corrected chi connectivity index (χ1v) is 6.71. The number of carbonyl (C=O) groups is 1. The summed E-state index contributed by atoms with van der Waals surface area (Å²) < 4.78 is 1.10. The van der Waals surface area contributed by atoms with Crippen molar-refractivity contribution in [1.82, 2.24) is 4.98 Å². The molecule has 18 heavy (non-hydrogen) atoms. The van der Waals surface area contributed by atoms with Gasteiger partial charge in [0.1, 0.15) is 5.69 Å². The fourth-order valence-corrected chi connectivity index (χ4v) is 2.07. The van der Waals surface area contributed by atoms with Crippen LogP contribution in [0.1, 0.15) is 16.1 Å². The van der Waals surface area contributed by atoms with Gasteiger partial charge in [-0.15, -0.1) is 0 Å². The molecule has 0 radical (unpaired) electrons. The van der Waals surface area contributed by atoms with Crippen molar-refractivity contribution < 1.29 is 4.79 Å². The molecular weight excluding hydrogens is 363 g/mol. The van der Waals surface area contributed by atoms with Crippen molar-refractivity contribution >= 4 is 45.8 Å². The van der Waals surface area contributed by atoms with Crippen molar-refractivity contribution in [2.24, 2.45) is 0 Å². The summed E-state index contributed by atoms with van der Waals surface area (Å²) in [5.74, 6) is -0.267. The number of benzene rings is 1. The van der Waals surface area contributed by atoms with Gasteiger partial charge in [0, 0.05) is 20.5 Å². The Labute approximate surface area is 124 Å². The maximum atomic E-state index is 11.9. The number of pyridine rings is 1. The first-order valence-electron chi connectivity index (χ1n) is 5.25. The summed E-state index contributed by atoms with van der Waals surface area (Å²) in [7, 11) is 0. The van der Waals surface area contributed by atoms with Gasteiger partial charge in [-0.2, -0.15) is 0 Å². The lowest BCUT2D eigenvalue weighted by Gasteiger charge is -2.06. The first-order chi connectivity index (χ1) is 8.56. The van der Waals surface area contributed by atoms with E-state index in [1.807, 2.05) is 25.1 Å². The van der Waals surface area contributed by atoms with Crippen LogP contribution in [0, 0.1) is 10.5 Å². The fraction of sp³-hybridized carbons (Fsp3) is 0.0769. The Kier molecular flexibility index (Phi) is 4.19. The summed E-state index contributed by atoms with van der Waals surface area (Å²) in [5, 5.41) is 3.28. The number of hydrogen-bond acceptors (Lipinski definition) is 2. The first kappa shape index (κ1) is 13.3. The molecule has 3 nitrogen and oxygen atoms in total. The number of nitrogens with one attached hydrogen (secondary N) is 1. The minimum atomic E-state index is -0.267. The van der Waals surface area contributed by atoms with Crippen molar-refractivity contribution in [1.29, 1.82) is 0 Å². The van der Waals surface area contributed by atoms with E-state index in [1.54, 1.807) is 6.07 Å². The zero-order chi connectivity index (χ0) is 13.1. The van der Waals surface area contributed by atoms with Crippen LogP contribution in [0.5, 0.6) is 0 Å². The maximum absolute atomic E-state index is 11.9. The van der Waals surface area contributed by atoms with E-state index in [1.165, 1.54) is 17.8 Å². The molecule has 0 unspecified atom stereocenters. The third-order valence-electron chi connectivity index (χ3n) is 2.38. The molecule has 0 aliphatic heterocycles. The smallest absolute Gasteiger partial charge is 0.274 e. The van der Waals surface area contributed by atoms with Crippen LogP contribution < -0.4 is 5.32 Å². The van der Waals surface area contributed by atoms with Crippen LogP contribution in [-0.2, 0) is 0 Å². The number of anilines is 1. The highest BCUT2D eigenvalue weighted by atomic mass is 127. The molecule has 2 aromatic rings. The number of amides is 1. The molecule has 1 heterocycles. The molecule has 1 N–H and O–H groups in total. The van der Waals surface area contributed by atoms with Crippen LogP contribution in [-0.4, -0.2) is 10.9 Å². The van der Waals surface area contributed by atoms with Crippen LogP contribution in [0.25, 0.3) is 0 Å². The lowest BCUT2D eigenvalue weighted by molar-refractivity contribution is 0.102. The lowest BCUT2D eigenvalue weighted by Crippen LogP contribution is -2.13. The highest BCUT2D eigenvalue weighted by molar-refractivity contribution is 14.1. The Morgan fingerprint density at radius 3 is 2.78 bits per heavy atom. The molecule has 0 bridgehead atoms. The normalized spacial score (nSPS) is 10.2. The molecule has 0 fully saturated rings. The number of carbonyl (C=O) groups excluding carboxylic acids is 1. The maximum Gasteiger partial charge on any atom is 0.274 e. The van der Waals surface area contributed by atoms with Crippen molar-refractivity contribution in [2.45, 2.75) is 6.92 Å². The number of aromatic nitrogens is 1. The molecule has 0 spiro atoms. The van der Waals surface area contributed by atoms with Crippen molar-refractivity contribution in [3.05, 3.63) is 56.4 Å². The van der Waals surface area contributed by atoms with Gasteiger partial charge >= 0.3 is 0 Å². The number of hydrogen-bond donors (Lipinski definition) is 1. The fourth-order valence-electron chi connectivity index (χ4n) is 1.39. The van der Waals surface area contributed by atoms with Crippen molar-refractivity contribution in [2.75, 3.05) is 5.32 Å². The van der Waals surface area contributed by atoms with Crippen LogP contribution in [0.15, 0.2) is 36.5 Å².